The maximum atomic E-state index is 13.9. The molecule has 3 aromatic carbocycles. The molecular weight excluding hydrogens is 649 g/mol. The predicted molar refractivity (Wildman–Crippen MR) is 171 cm³/mol. The fraction of sp³-hybridized carbons (Fsp3) is 0.294. The lowest BCUT2D eigenvalue weighted by molar-refractivity contribution is -0.123. The van der Waals surface area contributed by atoms with Gasteiger partial charge in [-0.25, -0.2) is 8.78 Å². The molecule has 7 atom stereocenters. The van der Waals surface area contributed by atoms with E-state index in [0.717, 1.165) is 33.2 Å². The van der Waals surface area contributed by atoms with Gasteiger partial charge in [0.05, 0.1) is 29.7 Å². The van der Waals surface area contributed by atoms with Crippen molar-refractivity contribution in [2.24, 2.45) is 29.6 Å². The highest BCUT2D eigenvalue weighted by molar-refractivity contribution is 8.00. The Balaban J connectivity index is 1.09. The monoisotopic (exact) mass is 675 g/mol. The second-order valence-corrected chi connectivity index (χ2v) is 14.4. The number of nitrogens with one attached hydrogen (secondary N) is 2. The lowest BCUT2D eigenvalue weighted by Crippen LogP contribution is -2.42. The van der Waals surface area contributed by atoms with E-state index in [-0.39, 0.29) is 52.2 Å². The number of aromatic amines is 1. The summed E-state index contributed by atoms with van der Waals surface area (Å²) in [5, 5.41) is 3.43. The molecule has 3 amide bonds. The number of ether oxygens (including phenoxy) is 2. The molecule has 1 saturated heterocycles. The minimum Gasteiger partial charge on any atom is -0.493 e. The van der Waals surface area contributed by atoms with Gasteiger partial charge >= 0.3 is 4.87 Å². The Labute approximate surface area is 275 Å². The van der Waals surface area contributed by atoms with Gasteiger partial charge in [0.1, 0.15) is 11.6 Å². The van der Waals surface area contributed by atoms with Crippen molar-refractivity contribution < 1.29 is 32.6 Å². The molecule has 3 fully saturated rings. The smallest absolute Gasteiger partial charge is 0.305 e. The van der Waals surface area contributed by atoms with E-state index in [2.05, 4.69) is 10.3 Å². The number of anilines is 2. The van der Waals surface area contributed by atoms with Gasteiger partial charge in [-0.05, 0) is 90.4 Å². The Kier molecular flexibility index (Phi) is 7.21. The van der Waals surface area contributed by atoms with E-state index in [0.29, 0.717) is 22.9 Å². The zero-order chi connectivity index (χ0) is 32.6. The van der Waals surface area contributed by atoms with Gasteiger partial charge in [0.15, 0.2) is 18.1 Å². The summed E-state index contributed by atoms with van der Waals surface area (Å²) >= 11 is 2.74. The molecule has 0 spiro atoms. The number of thiazole rings is 1. The van der Waals surface area contributed by atoms with Gasteiger partial charge in [-0.2, -0.15) is 0 Å². The molecule has 240 valence electrons. The number of methoxy groups -OCH3 is 1. The van der Waals surface area contributed by atoms with Crippen molar-refractivity contribution in [1.29, 1.82) is 0 Å². The van der Waals surface area contributed by atoms with Crippen molar-refractivity contribution in [1.82, 2.24) is 4.98 Å². The standard InChI is InChI=1S/C34H27F2N3O6S2/c1-44-23-12-15(2-11-22(23)45-14-24(40)37-18-7-3-16(35)4-8-18)25-26-20-13-21(29(26)46-31-30(25)47-34(43)38-31)28-27(20)32(41)39(33(28)42)19-9-5-17(36)6-10-19/h2-12,20-21,25-29H,13-14H2,1H3,(H,37,40)(H,38,43)/t20?,21?,25-,26?,27?,28?,29?/m1/s1. The van der Waals surface area contributed by atoms with E-state index >= 15 is 0 Å². The third-order valence-corrected chi connectivity index (χ3v) is 12.4. The number of benzene rings is 3. The second kappa shape index (κ2) is 11.3. The van der Waals surface area contributed by atoms with Crippen LogP contribution in [0, 0.1) is 41.2 Å². The molecule has 47 heavy (non-hydrogen) atoms. The highest BCUT2D eigenvalue weighted by Crippen LogP contribution is 2.68. The Hall–Kier alpha value is -4.49. The molecule has 4 aliphatic rings. The Bertz CT molecular complexity index is 1980. The largest absolute Gasteiger partial charge is 0.493 e. The molecule has 2 N–H and O–H groups in total. The highest BCUT2D eigenvalue weighted by atomic mass is 32.2. The second-order valence-electron chi connectivity index (χ2n) is 12.2. The molecule has 2 saturated carbocycles. The summed E-state index contributed by atoms with van der Waals surface area (Å²) < 4.78 is 38.3. The van der Waals surface area contributed by atoms with Crippen LogP contribution in [-0.4, -0.2) is 41.7 Å². The zero-order valence-corrected chi connectivity index (χ0v) is 26.4. The van der Waals surface area contributed by atoms with Crippen LogP contribution in [0.4, 0.5) is 20.2 Å². The summed E-state index contributed by atoms with van der Waals surface area (Å²) in [5.74, 6) is -2.46. The van der Waals surface area contributed by atoms with Crippen molar-refractivity contribution in [3.05, 3.63) is 98.5 Å². The van der Waals surface area contributed by atoms with Crippen molar-refractivity contribution in [2.75, 3.05) is 23.9 Å². The number of thioether (sulfide) groups is 1. The molecule has 6 unspecified atom stereocenters. The van der Waals surface area contributed by atoms with Crippen LogP contribution in [0.2, 0.25) is 0 Å². The zero-order valence-electron chi connectivity index (χ0n) is 24.8. The molecule has 4 aromatic rings. The molecule has 2 aliphatic carbocycles. The Morgan fingerprint density at radius 1 is 0.936 bits per heavy atom. The quantitative estimate of drug-likeness (QED) is 0.252. The number of rotatable bonds is 7. The number of amides is 3. The summed E-state index contributed by atoms with van der Waals surface area (Å²) in [6.45, 7) is -0.311. The molecule has 9 nitrogen and oxygen atoms in total. The van der Waals surface area contributed by atoms with Gasteiger partial charge in [-0.1, -0.05) is 17.4 Å². The van der Waals surface area contributed by atoms with Gasteiger partial charge < -0.3 is 19.8 Å². The number of hydrogen-bond acceptors (Lipinski definition) is 8. The number of carbonyl (C=O) groups excluding carboxylic acids is 3. The number of halogens is 2. The van der Waals surface area contributed by atoms with Gasteiger partial charge in [0.25, 0.3) is 5.91 Å². The number of fused-ring (bicyclic) bond motifs is 9. The average Bonchev–Trinajstić information content (AvgIpc) is 3.80. The van der Waals surface area contributed by atoms with E-state index in [9.17, 15) is 28.0 Å². The van der Waals surface area contributed by atoms with Gasteiger partial charge in [0.2, 0.25) is 11.8 Å². The number of H-pyrrole nitrogens is 1. The van der Waals surface area contributed by atoms with E-state index < -0.39 is 29.4 Å². The lowest BCUT2D eigenvalue weighted by atomic mass is 9.68. The fourth-order valence-corrected chi connectivity index (χ4v) is 11.0. The highest BCUT2D eigenvalue weighted by Gasteiger charge is 2.69. The third-order valence-electron chi connectivity index (χ3n) is 9.84. The van der Waals surface area contributed by atoms with E-state index in [4.69, 9.17) is 9.47 Å². The molecule has 2 bridgehead atoms. The lowest BCUT2D eigenvalue weighted by Gasteiger charge is -2.43. The Morgan fingerprint density at radius 2 is 1.62 bits per heavy atom. The van der Waals surface area contributed by atoms with Crippen molar-refractivity contribution in [3.63, 3.8) is 0 Å². The van der Waals surface area contributed by atoms with Crippen LogP contribution in [0.15, 0.2) is 76.6 Å². The van der Waals surface area contributed by atoms with Crippen LogP contribution < -0.4 is 24.6 Å². The first-order chi connectivity index (χ1) is 22.7. The summed E-state index contributed by atoms with van der Waals surface area (Å²) in [5.41, 5.74) is 1.68. The molecule has 1 aromatic heterocycles. The number of imide groups is 1. The van der Waals surface area contributed by atoms with Crippen molar-refractivity contribution in [3.8, 4) is 11.5 Å². The van der Waals surface area contributed by atoms with Crippen LogP contribution in [0.25, 0.3) is 0 Å². The summed E-state index contributed by atoms with van der Waals surface area (Å²) in [6, 6.07) is 16.3. The molecule has 2 aliphatic heterocycles. The van der Waals surface area contributed by atoms with E-state index in [1.165, 1.54) is 60.5 Å². The van der Waals surface area contributed by atoms with E-state index in [1.807, 2.05) is 12.1 Å². The van der Waals surface area contributed by atoms with Crippen LogP contribution in [-0.2, 0) is 14.4 Å². The summed E-state index contributed by atoms with van der Waals surface area (Å²) in [6.07, 6.45) is 0.726. The maximum absolute atomic E-state index is 13.9. The van der Waals surface area contributed by atoms with Gasteiger partial charge in [-0.3, -0.25) is 24.1 Å². The fourth-order valence-electron chi connectivity index (χ4n) is 8.11. The molecule has 13 heteroatoms. The van der Waals surface area contributed by atoms with Crippen LogP contribution in [0.5, 0.6) is 11.5 Å². The third kappa shape index (κ3) is 4.86. The van der Waals surface area contributed by atoms with Crippen molar-refractivity contribution >= 4 is 52.2 Å². The van der Waals surface area contributed by atoms with Crippen molar-refractivity contribution in [2.45, 2.75) is 22.6 Å². The summed E-state index contributed by atoms with van der Waals surface area (Å²) in [4.78, 5) is 57.8. The number of nitrogens with zero attached hydrogens (tertiary/aromatic N) is 1. The van der Waals surface area contributed by atoms with Gasteiger partial charge in [-0.15, -0.1) is 11.8 Å². The predicted octanol–water partition coefficient (Wildman–Crippen LogP) is 5.42. The number of hydrogen-bond donors (Lipinski definition) is 2. The molecular formula is C34H27F2N3O6S2. The topological polar surface area (TPSA) is 118 Å². The molecule has 8 rings (SSSR count). The minimum absolute atomic E-state index is 0.00834. The normalized spacial score (nSPS) is 27.0. The summed E-state index contributed by atoms with van der Waals surface area (Å²) in [7, 11) is 1.50. The molecule has 0 radical (unpaired) electrons. The average molecular weight is 676 g/mol. The number of carbonyl (C=O) groups is 3. The first-order valence-electron chi connectivity index (χ1n) is 15.1. The van der Waals surface area contributed by atoms with Crippen LogP contribution in [0.1, 0.15) is 22.8 Å². The van der Waals surface area contributed by atoms with Crippen LogP contribution in [0.3, 0.4) is 0 Å². The number of aromatic nitrogens is 1. The first-order valence-corrected chi connectivity index (χ1v) is 16.8. The van der Waals surface area contributed by atoms with Crippen LogP contribution >= 0.6 is 23.1 Å². The minimum atomic E-state index is -0.497. The SMILES string of the molecule is COc1cc([C@H]2c3sc(=O)[nH]c3SC3C4CC(C5C(=O)N(c6ccc(F)cc6)C(=O)C45)C32)ccc1OCC(=O)Nc1ccc(F)cc1. The van der Waals surface area contributed by atoms with Gasteiger partial charge in [0, 0.05) is 21.7 Å². The Morgan fingerprint density at radius 3 is 2.32 bits per heavy atom. The maximum Gasteiger partial charge on any atom is 0.305 e. The first kappa shape index (κ1) is 29.9. The molecule has 3 heterocycles. The van der Waals surface area contributed by atoms with E-state index in [1.54, 1.807) is 17.8 Å².